The topological polar surface area (TPSA) is 17.1 Å². The first-order chi connectivity index (χ1) is 2.27. The summed E-state index contributed by atoms with van der Waals surface area (Å²) in [5.74, 6) is 0. The Morgan fingerprint density at radius 3 is 1.80 bits per heavy atom. The molecule has 1 nitrogen and oxygen atoms in total. The summed E-state index contributed by atoms with van der Waals surface area (Å²) < 4.78 is 0. The van der Waals surface area contributed by atoms with Gasteiger partial charge in [-0.3, -0.25) is 0 Å². The summed E-state index contributed by atoms with van der Waals surface area (Å²) in [6, 6.07) is 0. The minimum Gasteiger partial charge on any atom is -0.315 e. The van der Waals surface area contributed by atoms with Crippen LogP contribution in [0.1, 0.15) is 0 Å². The van der Waals surface area contributed by atoms with Gasteiger partial charge < -0.3 is 4.79 Å². The molecule has 0 heterocycles. The Balaban J connectivity index is 2.83. The molecule has 0 spiro atoms. The van der Waals surface area contributed by atoms with Crippen LogP contribution in [0, 0.1) is 0 Å². The van der Waals surface area contributed by atoms with Gasteiger partial charge in [0.1, 0.15) is 0 Å². The van der Waals surface area contributed by atoms with E-state index in [1.807, 2.05) is 13.6 Å². The van der Waals surface area contributed by atoms with Crippen molar-refractivity contribution in [3.8, 4) is 0 Å². The van der Waals surface area contributed by atoms with Crippen molar-refractivity contribution in [1.29, 1.82) is 0 Å². The van der Waals surface area contributed by atoms with E-state index in [9.17, 15) is 4.79 Å². The quantitative estimate of drug-likeness (QED) is 0.324. The lowest BCUT2D eigenvalue weighted by Crippen LogP contribution is -1.98. The molecule has 0 saturated heterocycles. The summed E-state index contributed by atoms with van der Waals surface area (Å²) in [5.41, 5.74) is 0. The van der Waals surface area contributed by atoms with Gasteiger partial charge in [0.05, 0.1) is 6.19 Å². The molecule has 0 amide bonds. The third kappa shape index (κ3) is 3.73. The van der Waals surface area contributed by atoms with E-state index < -0.39 is 0 Å². The van der Waals surface area contributed by atoms with Crippen LogP contribution in [0.15, 0.2) is 0 Å². The van der Waals surface area contributed by atoms with Gasteiger partial charge in [0.2, 0.25) is 6.71 Å². The van der Waals surface area contributed by atoms with Crippen molar-refractivity contribution in [3.63, 3.8) is 0 Å². The summed E-state index contributed by atoms with van der Waals surface area (Å²) in [4.78, 5) is 9.50. The highest BCUT2D eigenvalue weighted by molar-refractivity contribution is 6.82. The molecule has 2 heteroatoms. The van der Waals surface area contributed by atoms with Gasteiger partial charge in [0, 0.05) is 0 Å². The van der Waals surface area contributed by atoms with Crippen LogP contribution in [0.5, 0.6) is 0 Å². The molecule has 0 rings (SSSR count). The average Bonchev–Trinajstić information content (AvgIpc) is 1.38. The Morgan fingerprint density at radius 2 is 1.80 bits per heavy atom. The summed E-state index contributed by atoms with van der Waals surface area (Å²) in [7, 11) is 0. The molecular weight excluding hydrogens is 62.8 g/mol. The molecule has 0 aromatic heterocycles. The summed E-state index contributed by atoms with van der Waals surface area (Å²) in [6.07, 6.45) is 0.917. The Kier molecular flexibility index (Phi) is 1.90. The van der Waals surface area contributed by atoms with Crippen molar-refractivity contribution in [3.05, 3.63) is 0 Å². The lowest BCUT2D eigenvalue weighted by Gasteiger charge is -1.71. The van der Waals surface area contributed by atoms with Gasteiger partial charge >= 0.3 is 0 Å². The lowest BCUT2D eigenvalue weighted by molar-refractivity contribution is 0.568. The maximum absolute atomic E-state index is 9.50. The maximum atomic E-state index is 9.50. The molecule has 0 unspecified atom stereocenters. The van der Waals surface area contributed by atoms with E-state index in [1.54, 1.807) is 0 Å². The van der Waals surface area contributed by atoms with Gasteiger partial charge in [-0.15, -0.1) is 0 Å². The Labute approximate surface area is 32.5 Å². The highest BCUT2D eigenvalue weighted by atomic mass is 16.1. The lowest BCUT2D eigenvalue weighted by atomic mass is 9.57. The van der Waals surface area contributed by atoms with Crippen molar-refractivity contribution < 1.29 is 4.79 Å². The van der Waals surface area contributed by atoms with Gasteiger partial charge in [-0.25, -0.2) is 0 Å². The normalized spacial score (nSPS) is 6.80. The van der Waals surface area contributed by atoms with Crippen LogP contribution in [0.4, 0.5) is 0 Å². The third-order valence-electron chi connectivity index (χ3n) is 0.272. The molecule has 0 aliphatic carbocycles. The third-order valence-corrected chi connectivity index (χ3v) is 0.272. The molecule has 0 fully saturated rings. The second kappa shape index (κ2) is 2.00. The van der Waals surface area contributed by atoms with Gasteiger partial charge in [-0.2, -0.15) is 0 Å². The molecular formula is C3H7BO. The molecule has 0 atom stereocenters. The Hall–Kier alpha value is -0.265. The molecule has 0 radical (unpaired) electrons. The minimum atomic E-state index is 0.204. The number of hydrogen-bond acceptors (Lipinski definition) is 1. The van der Waals surface area contributed by atoms with E-state index >= 15 is 0 Å². The molecule has 5 heavy (non-hydrogen) atoms. The SMILES string of the molecule is CB(C)C=O. The molecule has 0 saturated carbocycles. The molecule has 0 bridgehead atoms. The minimum absolute atomic E-state index is 0.204. The van der Waals surface area contributed by atoms with Crippen molar-refractivity contribution in [2.75, 3.05) is 0 Å². The zero-order chi connectivity index (χ0) is 4.28. The van der Waals surface area contributed by atoms with Crippen LogP contribution in [-0.4, -0.2) is 12.9 Å². The van der Waals surface area contributed by atoms with Crippen LogP contribution in [-0.2, 0) is 4.79 Å². The van der Waals surface area contributed by atoms with Crippen LogP contribution in [0.3, 0.4) is 0 Å². The highest BCUT2D eigenvalue weighted by Gasteiger charge is 1.88. The number of rotatable bonds is 1. The first-order valence-electron chi connectivity index (χ1n) is 1.72. The molecule has 28 valence electrons. The predicted octanol–water partition coefficient (Wildman–Crippen LogP) is 0.513. The van der Waals surface area contributed by atoms with Gasteiger partial charge in [0.25, 0.3) is 0 Å². The fourth-order valence-corrected chi connectivity index (χ4v) is 0. The fourth-order valence-electron chi connectivity index (χ4n) is 0. The molecule has 0 aliphatic rings. The van der Waals surface area contributed by atoms with E-state index in [2.05, 4.69) is 0 Å². The summed E-state index contributed by atoms with van der Waals surface area (Å²) in [6.45, 7) is 3.91. The largest absolute Gasteiger partial charge is 0.315 e. The summed E-state index contributed by atoms with van der Waals surface area (Å²) >= 11 is 0. The van der Waals surface area contributed by atoms with E-state index in [-0.39, 0.29) is 6.71 Å². The fraction of sp³-hybridized carbons (Fsp3) is 0.667. The van der Waals surface area contributed by atoms with E-state index in [4.69, 9.17) is 0 Å². The Morgan fingerprint density at radius 1 is 1.60 bits per heavy atom. The van der Waals surface area contributed by atoms with Gasteiger partial charge in [-0.05, 0) is 0 Å². The predicted molar refractivity (Wildman–Crippen MR) is 24.2 cm³/mol. The van der Waals surface area contributed by atoms with Crippen molar-refractivity contribution in [1.82, 2.24) is 0 Å². The average molecular weight is 69.9 g/mol. The van der Waals surface area contributed by atoms with Crippen molar-refractivity contribution >= 4 is 12.9 Å². The Bertz CT molecular complexity index is 33.9. The number of carbonyl (C=O) groups is 1. The number of hydrogen-bond donors (Lipinski definition) is 0. The summed E-state index contributed by atoms with van der Waals surface area (Å²) in [5, 5.41) is 0. The second-order valence-electron chi connectivity index (χ2n) is 1.38. The zero-order valence-corrected chi connectivity index (χ0v) is 3.56. The molecule has 0 N–H and O–H groups in total. The zero-order valence-electron chi connectivity index (χ0n) is 3.56. The van der Waals surface area contributed by atoms with Crippen molar-refractivity contribution in [2.45, 2.75) is 13.6 Å². The standard InChI is InChI=1S/C3H7BO/c1-4(2)3-5/h3H,1-2H3. The molecule has 0 aliphatic heterocycles. The monoisotopic (exact) mass is 70.1 g/mol. The van der Waals surface area contributed by atoms with Crippen LogP contribution in [0.2, 0.25) is 13.6 Å². The van der Waals surface area contributed by atoms with E-state index in [0.717, 1.165) is 6.19 Å². The smallest absolute Gasteiger partial charge is 0.212 e. The van der Waals surface area contributed by atoms with E-state index in [0.29, 0.717) is 0 Å². The van der Waals surface area contributed by atoms with Crippen LogP contribution >= 0.6 is 0 Å². The van der Waals surface area contributed by atoms with Crippen LogP contribution < -0.4 is 0 Å². The van der Waals surface area contributed by atoms with Gasteiger partial charge in [0.15, 0.2) is 0 Å². The highest BCUT2D eigenvalue weighted by Crippen LogP contribution is 1.64. The number of carbonyl (C=O) groups excluding carboxylic acids is 1. The van der Waals surface area contributed by atoms with E-state index in [1.165, 1.54) is 0 Å². The maximum Gasteiger partial charge on any atom is 0.212 e. The van der Waals surface area contributed by atoms with Gasteiger partial charge in [-0.1, -0.05) is 13.6 Å². The molecule has 0 aromatic rings. The molecule has 0 aromatic carbocycles. The first kappa shape index (κ1) is 4.73. The first-order valence-corrected chi connectivity index (χ1v) is 1.72. The second-order valence-corrected chi connectivity index (χ2v) is 1.38. The van der Waals surface area contributed by atoms with Crippen LogP contribution in [0.25, 0.3) is 0 Å². The van der Waals surface area contributed by atoms with Crippen molar-refractivity contribution in [2.24, 2.45) is 0 Å².